The minimum absolute atomic E-state index is 0.0850. The zero-order chi connectivity index (χ0) is 17.8. The fraction of sp³-hybridized carbons (Fsp3) is 0.200. The maximum Gasteiger partial charge on any atom is 0.225 e. The Hall–Kier alpha value is -2.59. The Balaban J connectivity index is 1.85. The molecule has 5 heteroatoms. The van der Waals surface area contributed by atoms with Crippen LogP contribution in [0.5, 0.6) is 0 Å². The third-order valence-electron chi connectivity index (χ3n) is 4.16. The lowest BCUT2D eigenvalue weighted by molar-refractivity contribution is -0.121. The molecule has 4 nitrogen and oxygen atoms in total. The minimum atomic E-state index is -0.244. The number of hydrogen-bond donors (Lipinski definition) is 1. The molecule has 0 bridgehead atoms. The van der Waals surface area contributed by atoms with Gasteiger partial charge in [0.15, 0.2) is 0 Å². The second kappa shape index (κ2) is 7.53. The molecule has 1 atom stereocenters. The van der Waals surface area contributed by atoms with Gasteiger partial charge in [0.1, 0.15) is 5.76 Å². The lowest BCUT2D eigenvalue weighted by Crippen LogP contribution is -2.30. The third kappa shape index (κ3) is 4.09. The van der Waals surface area contributed by atoms with Gasteiger partial charge < -0.3 is 9.84 Å². The number of carbonyl (C=O) groups is 1. The maximum atomic E-state index is 12.6. The van der Waals surface area contributed by atoms with Gasteiger partial charge in [-0.25, -0.2) is 0 Å². The second-order valence-corrected chi connectivity index (χ2v) is 6.38. The van der Waals surface area contributed by atoms with E-state index in [4.69, 9.17) is 16.1 Å². The Kier molecular flexibility index (Phi) is 5.19. The summed E-state index contributed by atoms with van der Waals surface area (Å²) in [7, 11) is 0. The smallest absolute Gasteiger partial charge is 0.225 e. The molecule has 25 heavy (non-hydrogen) atoms. The van der Waals surface area contributed by atoms with Crippen molar-refractivity contribution < 1.29 is 9.32 Å². The zero-order valence-electron chi connectivity index (χ0n) is 14.1. The number of aromatic nitrogens is 1. The van der Waals surface area contributed by atoms with Crippen molar-refractivity contribution in [2.45, 2.75) is 26.3 Å². The molecule has 3 aromatic rings. The average Bonchev–Trinajstić information content (AvgIpc) is 2.93. The van der Waals surface area contributed by atoms with Gasteiger partial charge >= 0.3 is 0 Å². The van der Waals surface area contributed by atoms with E-state index in [9.17, 15) is 4.79 Å². The van der Waals surface area contributed by atoms with Gasteiger partial charge in [0.05, 0.1) is 18.2 Å². The van der Waals surface area contributed by atoms with Crippen molar-refractivity contribution in [3.8, 4) is 0 Å². The molecule has 0 aliphatic carbocycles. The van der Waals surface area contributed by atoms with Gasteiger partial charge in [0.25, 0.3) is 0 Å². The summed E-state index contributed by atoms with van der Waals surface area (Å²) in [6, 6.07) is 17.1. The van der Waals surface area contributed by atoms with E-state index >= 15 is 0 Å². The summed E-state index contributed by atoms with van der Waals surface area (Å²) in [5.41, 5.74) is 3.57. The Labute approximate surface area is 151 Å². The summed E-state index contributed by atoms with van der Waals surface area (Å²) in [5.74, 6) is 0.591. The van der Waals surface area contributed by atoms with E-state index in [1.54, 1.807) is 0 Å². The summed E-state index contributed by atoms with van der Waals surface area (Å²) in [6.07, 6.45) is 0.234. The van der Waals surface area contributed by atoms with Gasteiger partial charge in [0.2, 0.25) is 5.91 Å². The number of nitrogens with one attached hydrogen (secondary N) is 1. The third-order valence-corrected chi connectivity index (χ3v) is 4.41. The molecule has 0 saturated carbocycles. The Morgan fingerprint density at radius 3 is 2.32 bits per heavy atom. The zero-order valence-corrected chi connectivity index (χ0v) is 14.9. The first kappa shape index (κ1) is 17.2. The van der Waals surface area contributed by atoms with E-state index in [0.29, 0.717) is 10.8 Å². The molecule has 0 radical (unpaired) electrons. The Morgan fingerprint density at radius 2 is 1.72 bits per heavy atom. The van der Waals surface area contributed by atoms with Crippen molar-refractivity contribution in [2.75, 3.05) is 0 Å². The second-order valence-electron chi connectivity index (χ2n) is 5.94. The van der Waals surface area contributed by atoms with Gasteiger partial charge in [-0.2, -0.15) is 0 Å². The van der Waals surface area contributed by atoms with Crippen LogP contribution in [0.3, 0.4) is 0 Å². The summed E-state index contributed by atoms with van der Waals surface area (Å²) in [5, 5.41) is 7.68. The van der Waals surface area contributed by atoms with E-state index in [-0.39, 0.29) is 18.4 Å². The van der Waals surface area contributed by atoms with E-state index in [0.717, 1.165) is 22.4 Å². The standard InChI is InChI=1S/C20H19ClN2O2/c1-13-18(14(2)25-23-13)12-19(24)22-20(15-6-4-3-5-7-15)16-8-10-17(21)11-9-16/h3-11,20H,12H2,1-2H3,(H,22,24)/t20-/m1/s1. The molecule has 1 aromatic heterocycles. The summed E-state index contributed by atoms with van der Waals surface area (Å²) >= 11 is 5.99. The normalized spacial score (nSPS) is 12.0. The molecule has 0 aliphatic rings. The van der Waals surface area contributed by atoms with E-state index < -0.39 is 0 Å². The summed E-state index contributed by atoms with van der Waals surface area (Å²) in [4.78, 5) is 12.6. The van der Waals surface area contributed by atoms with Crippen molar-refractivity contribution in [3.05, 3.63) is 87.8 Å². The number of hydrogen-bond acceptors (Lipinski definition) is 3. The molecule has 0 aliphatic heterocycles. The van der Waals surface area contributed by atoms with Gasteiger partial charge in [-0.3, -0.25) is 4.79 Å². The molecule has 3 rings (SSSR count). The largest absolute Gasteiger partial charge is 0.361 e. The predicted octanol–water partition coefficient (Wildman–Crippen LogP) is 4.39. The van der Waals surface area contributed by atoms with Crippen LogP contribution in [0.4, 0.5) is 0 Å². The average molecular weight is 355 g/mol. The predicted molar refractivity (Wildman–Crippen MR) is 97.6 cm³/mol. The molecule has 1 N–H and O–H groups in total. The van der Waals surface area contributed by atoms with Crippen LogP contribution in [-0.2, 0) is 11.2 Å². The first-order valence-corrected chi connectivity index (χ1v) is 8.44. The van der Waals surface area contributed by atoms with Gasteiger partial charge in [0, 0.05) is 10.6 Å². The fourth-order valence-electron chi connectivity index (χ4n) is 2.79. The Bertz CT molecular complexity index is 838. The van der Waals surface area contributed by atoms with Crippen LogP contribution in [-0.4, -0.2) is 11.1 Å². The molecule has 0 fully saturated rings. The maximum absolute atomic E-state index is 12.6. The van der Waals surface area contributed by atoms with Crippen LogP contribution in [0.2, 0.25) is 5.02 Å². The number of benzene rings is 2. The highest BCUT2D eigenvalue weighted by atomic mass is 35.5. The number of rotatable bonds is 5. The fourth-order valence-corrected chi connectivity index (χ4v) is 2.91. The van der Waals surface area contributed by atoms with Crippen LogP contribution in [0, 0.1) is 13.8 Å². The van der Waals surface area contributed by atoms with E-state index in [2.05, 4.69) is 10.5 Å². The first-order valence-electron chi connectivity index (χ1n) is 8.06. The van der Waals surface area contributed by atoms with E-state index in [1.165, 1.54) is 0 Å². The molecule has 1 amide bonds. The molecule has 0 spiro atoms. The number of nitrogens with zero attached hydrogens (tertiary/aromatic N) is 1. The number of amides is 1. The lowest BCUT2D eigenvalue weighted by Gasteiger charge is -2.20. The van der Waals surface area contributed by atoms with Crippen molar-refractivity contribution in [1.29, 1.82) is 0 Å². The lowest BCUT2D eigenvalue weighted by atomic mass is 9.98. The van der Waals surface area contributed by atoms with Crippen molar-refractivity contribution in [1.82, 2.24) is 10.5 Å². The SMILES string of the molecule is Cc1noc(C)c1CC(=O)N[C@H](c1ccccc1)c1ccc(Cl)cc1. The number of aryl methyl sites for hydroxylation is 2. The van der Waals surface area contributed by atoms with Gasteiger partial charge in [-0.05, 0) is 37.1 Å². The first-order chi connectivity index (χ1) is 12.0. The summed E-state index contributed by atoms with van der Waals surface area (Å²) < 4.78 is 5.14. The minimum Gasteiger partial charge on any atom is -0.361 e. The molecule has 0 unspecified atom stereocenters. The monoisotopic (exact) mass is 354 g/mol. The van der Waals surface area contributed by atoms with Crippen LogP contribution in [0.1, 0.15) is 34.2 Å². The molecular weight excluding hydrogens is 336 g/mol. The number of halogens is 1. The van der Waals surface area contributed by atoms with Crippen molar-refractivity contribution >= 4 is 17.5 Å². The van der Waals surface area contributed by atoms with E-state index in [1.807, 2.05) is 68.4 Å². The molecule has 2 aromatic carbocycles. The quantitative estimate of drug-likeness (QED) is 0.739. The summed E-state index contributed by atoms with van der Waals surface area (Å²) in [6.45, 7) is 3.66. The van der Waals surface area contributed by atoms with Crippen LogP contribution in [0.25, 0.3) is 0 Å². The highest BCUT2D eigenvalue weighted by Gasteiger charge is 2.19. The highest BCUT2D eigenvalue weighted by molar-refractivity contribution is 6.30. The molecule has 0 saturated heterocycles. The molecular formula is C20H19ClN2O2. The van der Waals surface area contributed by atoms with Crippen molar-refractivity contribution in [2.24, 2.45) is 0 Å². The van der Waals surface area contributed by atoms with Crippen LogP contribution >= 0.6 is 11.6 Å². The van der Waals surface area contributed by atoms with Crippen molar-refractivity contribution in [3.63, 3.8) is 0 Å². The van der Waals surface area contributed by atoms with Gasteiger partial charge in [-0.1, -0.05) is 59.2 Å². The molecule has 1 heterocycles. The highest BCUT2D eigenvalue weighted by Crippen LogP contribution is 2.24. The van der Waals surface area contributed by atoms with Gasteiger partial charge in [-0.15, -0.1) is 0 Å². The van der Waals surface area contributed by atoms with Crippen LogP contribution < -0.4 is 5.32 Å². The molecule has 128 valence electrons. The topological polar surface area (TPSA) is 55.1 Å². The Morgan fingerprint density at radius 1 is 1.08 bits per heavy atom. The number of carbonyl (C=O) groups excluding carboxylic acids is 1. The van der Waals surface area contributed by atoms with Crippen LogP contribution in [0.15, 0.2) is 59.1 Å².